The number of carbonyl (C=O) groups excluding carboxylic acids is 2. The Morgan fingerprint density at radius 3 is 2.45 bits per heavy atom. The predicted molar refractivity (Wildman–Crippen MR) is 126 cm³/mol. The van der Waals surface area contributed by atoms with E-state index in [1.54, 1.807) is 0 Å². The third-order valence-corrected chi connectivity index (χ3v) is 13.9. The second kappa shape index (κ2) is 6.68. The fourth-order valence-electron chi connectivity index (χ4n) is 5.35. The minimum atomic E-state index is -2.34. The molecule has 2 aliphatic carbocycles. The molecule has 0 aromatic carbocycles. The van der Waals surface area contributed by atoms with Gasteiger partial charge in [0.2, 0.25) is 0 Å². The molecule has 2 bridgehead atoms. The molecular weight excluding hydrogens is 495 g/mol. The topological polar surface area (TPSA) is 52.6 Å². The Bertz CT molecular complexity index is 793. The van der Waals surface area contributed by atoms with Gasteiger partial charge in [0, 0.05) is 14.9 Å². The Balaban J connectivity index is 2.17. The van der Waals surface area contributed by atoms with Crippen LogP contribution in [0.1, 0.15) is 54.4 Å². The summed E-state index contributed by atoms with van der Waals surface area (Å²) >= 11 is 2.29. The molecule has 2 fully saturated rings. The van der Waals surface area contributed by atoms with Crippen molar-refractivity contribution >= 4 is 42.8 Å². The van der Waals surface area contributed by atoms with Crippen LogP contribution in [0.25, 0.3) is 0 Å². The number of ether oxygens (including phenoxy) is 1. The Kier molecular flexibility index (Phi) is 5.31. The number of allylic oxidation sites excluding steroid dienone is 1. The molecule has 0 aromatic rings. The van der Waals surface area contributed by atoms with Crippen LogP contribution in [0.5, 0.6) is 0 Å². The number of halogens is 1. The highest BCUT2D eigenvalue weighted by atomic mass is 127. The van der Waals surface area contributed by atoms with E-state index in [0.717, 1.165) is 16.4 Å². The van der Waals surface area contributed by atoms with Crippen LogP contribution < -0.4 is 0 Å². The monoisotopic (exact) mass is 530 g/mol. The van der Waals surface area contributed by atoms with E-state index in [4.69, 9.17) is 9.16 Å². The number of carbonyl (C=O) groups is 2. The van der Waals surface area contributed by atoms with Crippen LogP contribution in [0.3, 0.4) is 0 Å². The molecule has 4 nitrogen and oxygen atoms in total. The van der Waals surface area contributed by atoms with Crippen LogP contribution in [0, 0.1) is 28.6 Å². The van der Waals surface area contributed by atoms with Crippen LogP contribution in [-0.2, 0) is 18.8 Å². The molecule has 1 spiro atoms. The van der Waals surface area contributed by atoms with Gasteiger partial charge in [0.1, 0.15) is 5.92 Å². The summed E-state index contributed by atoms with van der Waals surface area (Å²) in [6.07, 6.45) is 5.63. The fourth-order valence-corrected chi connectivity index (χ4v) is 7.43. The summed E-state index contributed by atoms with van der Waals surface area (Å²) in [6.45, 7) is 21.0. The maximum atomic E-state index is 13.9. The number of rotatable bonds is 3. The summed E-state index contributed by atoms with van der Waals surface area (Å²) < 4.78 is 13.5. The first kappa shape index (κ1) is 23.0. The van der Waals surface area contributed by atoms with Gasteiger partial charge in [0.05, 0.1) is 5.92 Å². The van der Waals surface area contributed by atoms with Crippen molar-refractivity contribution in [3.63, 3.8) is 0 Å². The van der Waals surface area contributed by atoms with Crippen LogP contribution in [0.2, 0.25) is 18.1 Å². The van der Waals surface area contributed by atoms with Gasteiger partial charge in [-0.1, -0.05) is 53.7 Å². The zero-order valence-corrected chi connectivity index (χ0v) is 22.2. The van der Waals surface area contributed by atoms with E-state index >= 15 is 0 Å². The van der Waals surface area contributed by atoms with Crippen LogP contribution in [-0.4, -0.2) is 25.9 Å². The van der Waals surface area contributed by atoms with Crippen LogP contribution >= 0.6 is 22.6 Å². The number of fused-ring (bicyclic) bond motifs is 1. The number of esters is 1. The van der Waals surface area contributed by atoms with E-state index in [1.165, 1.54) is 0 Å². The Labute approximate surface area is 190 Å². The van der Waals surface area contributed by atoms with E-state index in [-0.39, 0.29) is 34.2 Å². The second-order valence-corrected chi connectivity index (χ2v) is 17.3. The van der Waals surface area contributed by atoms with E-state index in [0.29, 0.717) is 0 Å². The molecule has 0 radical (unpaired) electrons. The van der Waals surface area contributed by atoms with Crippen molar-refractivity contribution < 1.29 is 18.8 Å². The van der Waals surface area contributed by atoms with E-state index < -0.39 is 25.3 Å². The summed E-state index contributed by atoms with van der Waals surface area (Å²) in [5, 5.41) is -0.0951. The lowest BCUT2D eigenvalue weighted by molar-refractivity contribution is -0.230. The van der Waals surface area contributed by atoms with E-state index in [1.807, 2.05) is 12.2 Å². The molecule has 29 heavy (non-hydrogen) atoms. The van der Waals surface area contributed by atoms with Crippen molar-refractivity contribution in [1.82, 2.24) is 0 Å². The summed E-state index contributed by atoms with van der Waals surface area (Å²) in [6, 6.07) is 0. The molecule has 5 atom stereocenters. The molecule has 162 valence electrons. The predicted octanol–water partition coefficient (Wildman–Crippen LogP) is 6.02. The average molecular weight is 531 g/mol. The third kappa shape index (κ3) is 3.10. The molecule has 0 unspecified atom stereocenters. The first-order valence-corrected chi connectivity index (χ1v) is 14.5. The van der Waals surface area contributed by atoms with Gasteiger partial charge in [0.25, 0.3) is 8.32 Å². The van der Waals surface area contributed by atoms with Crippen LogP contribution in [0.4, 0.5) is 0 Å². The lowest BCUT2D eigenvalue weighted by atomic mass is 9.46. The van der Waals surface area contributed by atoms with Crippen molar-refractivity contribution in [3.05, 3.63) is 22.3 Å². The largest absolute Gasteiger partial charge is 0.519 e. The van der Waals surface area contributed by atoms with Crippen LogP contribution in [0.15, 0.2) is 22.3 Å². The van der Waals surface area contributed by atoms with Gasteiger partial charge in [-0.3, -0.25) is 9.59 Å². The molecule has 0 aromatic heterocycles. The van der Waals surface area contributed by atoms with Crippen molar-refractivity contribution in [2.45, 2.75) is 78.1 Å². The third-order valence-electron chi connectivity index (χ3n) is 8.35. The number of hydrogen-bond donors (Lipinski definition) is 0. The zero-order chi connectivity index (χ0) is 22.2. The smallest absolute Gasteiger partial charge is 0.314 e. The lowest BCUT2D eigenvalue weighted by Gasteiger charge is -2.64. The molecule has 4 aliphatic rings. The quantitative estimate of drug-likeness (QED) is 0.194. The highest BCUT2D eigenvalue weighted by Gasteiger charge is 2.72. The summed E-state index contributed by atoms with van der Waals surface area (Å²) in [4.78, 5) is 26.8. The SMILES string of the molecule is C=C[C@]1(C)CC[C@H]2C(C)(C)[C@@H]3C=C(I)[C@]2(OC3=O)[C@H]1C(=O)O[Si](C)(C)C(C)(C)C. The van der Waals surface area contributed by atoms with Crippen molar-refractivity contribution in [1.29, 1.82) is 0 Å². The van der Waals surface area contributed by atoms with Gasteiger partial charge in [-0.15, -0.1) is 6.58 Å². The van der Waals surface area contributed by atoms with Gasteiger partial charge < -0.3 is 9.16 Å². The second-order valence-electron chi connectivity index (χ2n) is 11.4. The molecule has 1 saturated carbocycles. The average Bonchev–Trinajstić information content (AvgIpc) is 2.55. The first-order valence-electron chi connectivity index (χ1n) is 10.5. The maximum Gasteiger partial charge on any atom is 0.314 e. The van der Waals surface area contributed by atoms with Crippen molar-refractivity contribution in [2.75, 3.05) is 0 Å². The Hall–Kier alpha value is -0.633. The minimum Gasteiger partial charge on any atom is -0.519 e. The van der Waals surface area contributed by atoms with E-state index in [9.17, 15) is 9.59 Å². The molecule has 1 saturated heterocycles. The highest BCUT2D eigenvalue weighted by molar-refractivity contribution is 14.1. The normalized spacial score (nSPS) is 38.6. The molecule has 2 heterocycles. The summed E-state index contributed by atoms with van der Waals surface area (Å²) in [7, 11) is -2.34. The zero-order valence-electron chi connectivity index (χ0n) is 19.0. The molecule has 4 rings (SSSR count). The molecule has 6 heteroatoms. The molecule has 2 aliphatic heterocycles. The maximum absolute atomic E-state index is 13.9. The highest BCUT2D eigenvalue weighted by Crippen LogP contribution is 2.67. The van der Waals surface area contributed by atoms with Crippen molar-refractivity contribution in [3.8, 4) is 0 Å². The first-order chi connectivity index (χ1) is 13.0. The van der Waals surface area contributed by atoms with Crippen molar-refractivity contribution in [2.24, 2.45) is 28.6 Å². The lowest BCUT2D eigenvalue weighted by Crippen LogP contribution is -2.70. The summed E-state index contributed by atoms with van der Waals surface area (Å²) in [5.41, 5.74) is -1.72. The number of hydrogen-bond acceptors (Lipinski definition) is 4. The molecular formula is C23H35IO4Si. The Morgan fingerprint density at radius 1 is 1.34 bits per heavy atom. The molecule has 0 amide bonds. The standard InChI is InChI=1S/C23H35IO4Si/c1-10-22(7)12-11-15-21(5,6)14-13-16(24)23(15,27-18(14)25)17(22)19(26)28-29(8,9)20(2,3)4/h10,13-15,17H,1,11-12H2,2-9H3/t14-,15+,17+,22-,23+/m1/s1. The van der Waals surface area contributed by atoms with Gasteiger partial charge in [-0.05, 0) is 59.0 Å². The Morgan fingerprint density at radius 2 is 1.93 bits per heavy atom. The van der Waals surface area contributed by atoms with Gasteiger partial charge in [0.15, 0.2) is 5.60 Å². The van der Waals surface area contributed by atoms with Gasteiger partial charge in [-0.2, -0.15) is 0 Å². The van der Waals surface area contributed by atoms with Gasteiger partial charge in [-0.25, -0.2) is 0 Å². The van der Waals surface area contributed by atoms with E-state index in [2.05, 4.69) is 83.8 Å². The summed E-state index contributed by atoms with van der Waals surface area (Å²) in [5.74, 6) is -1.22. The minimum absolute atomic E-state index is 0.0830. The fraction of sp³-hybridized carbons (Fsp3) is 0.739. The van der Waals surface area contributed by atoms with Gasteiger partial charge >= 0.3 is 11.9 Å². The molecule has 0 N–H and O–H groups in total.